The van der Waals surface area contributed by atoms with E-state index >= 15 is 0 Å². The van der Waals surface area contributed by atoms with Crippen LogP contribution >= 0.6 is 0 Å². The summed E-state index contributed by atoms with van der Waals surface area (Å²) in [4.78, 5) is 0. The number of aliphatic hydroxyl groups excluding tert-OH is 1. The van der Waals surface area contributed by atoms with Gasteiger partial charge in [-0.25, -0.2) is 0 Å². The molecule has 166 valence electrons. The second kappa shape index (κ2) is 16.4. The van der Waals surface area contributed by atoms with E-state index in [1.807, 2.05) is 18.2 Å². The van der Waals surface area contributed by atoms with Crippen molar-refractivity contribution in [3.63, 3.8) is 0 Å². The fourth-order valence-electron chi connectivity index (χ4n) is 3.93. The summed E-state index contributed by atoms with van der Waals surface area (Å²) < 4.78 is 12.9. The van der Waals surface area contributed by atoms with Crippen LogP contribution in [-0.4, -0.2) is 36.2 Å². The summed E-state index contributed by atoms with van der Waals surface area (Å²) in [6, 6.07) is 10.3. The molecule has 0 heterocycles. The Morgan fingerprint density at radius 3 is 2.00 bits per heavy atom. The molecule has 0 bridgehead atoms. The Morgan fingerprint density at radius 2 is 1.48 bits per heavy atom. The molecule has 3 heteroatoms. The number of hydrogen-bond acceptors (Lipinski definition) is 2. The molecule has 0 unspecified atom stereocenters. The van der Waals surface area contributed by atoms with Crippen LogP contribution < -0.4 is 0 Å². The average molecular weight is 509 g/mol. The van der Waals surface area contributed by atoms with Gasteiger partial charge in [0.2, 0.25) is 0 Å². The van der Waals surface area contributed by atoms with Gasteiger partial charge in [0.1, 0.15) is 0 Å². The van der Waals surface area contributed by atoms with Crippen LogP contribution in [0.4, 0.5) is 0 Å². The van der Waals surface area contributed by atoms with Crippen molar-refractivity contribution in [3.05, 3.63) is 46.1 Å². The van der Waals surface area contributed by atoms with E-state index in [4.69, 9.17) is 4.74 Å². The first-order valence-electron chi connectivity index (χ1n) is 12.1. The summed E-state index contributed by atoms with van der Waals surface area (Å²) in [5.41, 5.74) is 1.19. The maximum absolute atomic E-state index is 10.6. The van der Waals surface area contributed by atoms with Crippen molar-refractivity contribution in [1.82, 2.24) is 0 Å². The van der Waals surface area contributed by atoms with Gasteiger partial charge in [0, 0.05) is 0 Å². The quantitative estimate of drug-likeness (QED) is 0.174. The summed E-state index contributed by atoms with van der Waals surface area (Å²) in [5, 5.41) is 10.6. The van der Waals surface area contributed by atoms with Crippen molar-refractivity contribution in [1.29, 1.82) is 0 Å². The van der Waals surface area contributed by atoms with Crippen LogP contribution in [0, 0.1) is 5.92 Å². The maximum atomic E-state index is 10.6. The van der Waals surface area contributed by atoms with E-state index in [2.05, 4.69) is 50.0 Å². The normalized spacial score (nSPS) is 14.4. The van der Waals surface area contributed by atoms with E-state index in [1.54, 1.807) is 0 Å². The molecule has 1 N–H and O–H groups in total. The molecule has 0 aromatic heterocycles. The van der Waals surface area contributed by atoms with Crippen LogP contribution in [-0.2, 0) is 11.3 Å². The second-order valence-electron chi connectivity index (χ2n) is 8.79. The van der Waals surface area contributed by atoms with Gasteiger partial charge < -0.3 is 0 Å². The molecule has 2 nitrogen and oxygen atoms in total. The molecule has 1 aromatic rings. The van der Waals surface area contributed by atoms with Gasteiger partial charge in [-0.15, -0.1) is 0 Å². The Morgan fingerprint density at radius 1 is 0.931 bits per heavy atom. The Balaban J connectivity index is 2.57. The minimum atomic E-state index is -2.24. The Bertz CT molecular complexity index is 507. The van der Waals surface area contributed by atoms with Crippen LogP contribution in [0.2, 0.25) is 13.3 Å². The third-order valence-electron chi connectivity index (χ3n) is 6.11. The van der Waals surface area contributed by atoms with Crippen LogP contribution in [0.1, 0.15) is 78.2 Å². The number of aliphatic hydroxyl groups is 1. The van der Waals surface area contributed by atoms with E-state index in [0.29, 0.717) is 19.6 Å². The average Bonchev–Trinajstić information content (AvgIpc) is 2.76. The number of ether oxygens (including phenoxy) is 1. The van der Waals surface area contributed by atoms with Crippen molar-refractivity contribution in [2.45, 2.75) is 98.7 Å². The molecular formula is C26H46O2Sn. The predicted molar refractivity (Wildman–Crippen MR) is 130 cm³/mol. The van der Waals surface area contributed by atoms with Gasteiger partial charge in [-0.3, -0.25) is 0 Å². The zero-order chi connectivity index (χ0) is 21.4. The molecule has 0 saturated heterocycles. The zero-order valence-corrected chi connectivity index (χ0v) is 22.4. The van der Waals surface area contributed by atoms with E-state index < -0.39 is 18.4 Å². The summed E-state index contributed by atoms with van der Waals surface area (Å²) in [5.74, 6) is 0.219. The Labute approximate surface area is 185 Å². The summed E-state index contributed by atoms with van der Waals surface area (Å²) in [6.45, 7) is 10.4. The van der Waals surface area contributed by atoms with E-state index in [1.165, 1.54) is 57.4 Å². The fraction of sp³-hybridized carbons (Fsp3) is 0.692. The van der Waals surface area contributed by atoms with E-state index in [0.717, 1.165) is 0 Å². The van der Waals surface area contributed by atoms with Gasteiger partial charge in [0.15, 0.2) is 0 Å². The van der Waals surface area contributed by atoms with Crippen LogP contribution in [0.3, 0.4) is 0 Å². The molecule has 0 saturated carbocycles. The first-order chi connectivity index (χ1) is 14.1. The van der Waals surface area contributed by atoms with Crippen LogP contribution in [0.5, 0.6) is 0 Å². The molecule has 0 fully saturated rings. The van der Waals surface area contributed by atoms with Crippen LogP contribution in [0.15, 0.2) is 40.5 Å². The molecular weight excluding hydrogens is 463 g/mol. The molecule has 0 radical (unpaired) electrons. The third-order valence-corrected chi connectivity index (χ3v) is 20.2. The molecule has 0 aliphatic carbocycles. The molecule has 1 rings (SSSR count). The monoisotopic (exact) mass is 510 g/mol. The predicted octanol–water partition coefficient (Wildman–Crippen LogP) is 7.53. The Hall–Kier alpha value is -0.321. The van der Waals surface area contributed by atoms with Gasteiger partial charge in [0.05, 0.1) is 0 Å². The SMILES string of the molecule is CCC[CH2][Sn](/[CH]=C/[C@H](C)[C@H](O)CCOCc1ccccc1)([CH2]CCC)[CH2]CCC. The molecule has 2 atom stereocenters. The van der Waals surface area contributed by atoms with Gasteiger partial charge >= 0.3 is 185 Å². The molecule has 0 aliphatic rings. The summed E-state index contributed by atoms with van der Waals surface area (Å²) >= 11 is -2.24. The first-order valence-corrected chi connectivity index (χ1v) is 19.8. The molecule has 0 spiro atoms. The van der Waals surface area contributed by atoms with E-state index in [-0.39, 0.29) is 12.0 Å². The molecule has 1 aromatic carbocycles. The van der Waals surface area contributed by atoms with Gasteiger partial charge in [-0.2, -0.15) is 0 Å². The van der Waals surface area contributed by atoms with Crippen molar-refractivity contribution in [2.24, 2.45) is 5.92 Å². The third kappa shape index (κ3) is 11.6. The number of rotatable bonds is 17. The fourth-order valence-corrected chi connectivity index (χ4v) is 18.6. The van der Waals surface area contributed by atoms with Gasteiger partial charge in [-0.05, 0) is 0 Å². The summed E-state index contributed by atoms with van der Waals surface area (Å²) in [7, 11) is 0. The van der Waals surface area contributed by atoms with Crippen LogP contribution in [0.25, 0.3) is 0 Å². The standard InChI is InChI=1S/C14H19O2.3C4H9.Sn/c1-3-12(2)14(15)9-10-16-11-13-7-5-4-6-8-13;3*1-3-4-2;/h1,3-8,12,14-15H,9-11H2,2H3;3*1,3-4H2,2H3;/t12-,14+;;;;/m0..../s1. The zero-order valence-electron chi connectivity index (χ0n) is 19.5. The molecule has 0 amide bonds. The number of benzene rings is 1. The topological polar surface area (TPSA) is 29.5 Å². The molecule has 0 aliphatic heterocycles. The van der Waals surface area contributed by atoms with Gasteiger partial charge in [0.25, 0.3) is 0 Å². The molecule has 29 heavy (non-hydrogen) atoms. The van der Waals surface area contributed by atoms with Crippen molar-refractivity contribution in [2.75, 3.05) is 6.61 Å². The van der Waals surface area contributed by atoms with Crippen molar-refractivity contribution >= 4 is 18.4 Å². The first kappa shape index (κ1) is 26.7. The summed E-state index contributed by atoms with van der Waals surface area (Å²) in [6.07, 6.45) is 10.9. The van der Waals surface area contributed by atoms with Crippen molar-refractivity contribution < 1.29 is 9.84 Å². The minimum absolute atomic E-state index is 0.219. The number of unbranched alkanes of at least 4 members (excludes halogenated alkanes) is 3. The second-order valence-corrected chi connectivity index (χ2v) is 21.8. The van der Waals surface area contributed by atoms with E-state index in [9.17, 15) is 5.11 Å². The number of hydrogen-bond donors (Lipinski definition) is 1. The Kier molecular flexibility index (Phi) is 15.1. The van der Waals surface area contributed by atoms with Crippen molar-refractivity contribution in [3.8, 4) is 0 Å². The van der Waals surface area contributed by atoms with Gasteiger partial charge in [-0.1, -0.05) is 0 Å².